The molecular weight excluding hydrogens is 164 g/mol. The topological polar surface area (TPSA) is 23.6 Å². The van der Waals surface area contributed by atoms with Crippen molar-refractivity contribution in [2.45, 2.75) is 37.8 Å². The Labute approximate surface area is 78.7 Å². The molecule has 1 saturated carbocycles. The summed E-state index contributed by atoms with van der Waals surface area (Å²) in [6.07, 6.45) is 5.09. The van der Waals surface area contributed by atoms with Crippen molar-refractivity contribution in [1.82, 2.24) is 9.80 Å². The third kappa shape index (κ3) is 1.26. The number of piperazine rings is 1. The van der Waals surface area contributed by atoms with Crippen molar-refractivity contribution in [2.24, 2.45) is 0 Å². The average Bonchev–Trinajstić information content (AvgIpc) is 2.85. The van der Waals surface area contributed by atoms with Gasteiger partial charge in [-0.25, -0.2) is 0 Å². The smallest absolute Gasteiger partial charge is 0.237 e. The normalized spacial score (nSPS) is 35.2. The maximum atomic E-state index is 11.7. The summed E-state index contributed by atoms with van der Waals surface area (Å²) in [7, 11) is 0. The molecule has 0 aromatic heterocycles. The molecule has 2 heterocycles. The second-order valence-electron chi connectivity index (χ2n) is 4.54. The lowest BCUT2D eigenvalue weighted by Gasteiger charge is -2.37. The van der Waals surface area contributed by atoms with E-state index in [0.29, 0.717) is 18.5 Å². The largest absolute Gasteiger partial charge is 0.337 e. The molecule has 0 bridgehead atoms. The van der Waals surface area contributed by atoms with Crippen LogP contribution in [-0.4, -0.2) is 47.4 Å². The van der Waals surface area contributed by atoms with Crippen LogP contribution in [0, 0.1) is 0 Å². The van der Waals surface area contributed by atoms with Crippen molar-refractivity contribution in [2.75, 3.05) is 19.6 Å². The molecule has 3 heteroatoms. The second-order valence-corrected chi connectivity index (χ2v) is 4.54. The SMILES string of the molecule is O=C1CN(C2CC2)CC2CCCN12. The molecule has 0 N–H and O–H groups in total. The second kappa shape index (κ2) is 2.71. The maximum Gasteiger partial charge on any atom is 0.237 e. The summed E-state index contributed by atoms with van der Waals surface area (Å²) in [6, 6.07) is 1.31. The van der Waals surface area contributed by atoms with Crippen molar-refractivity contribution < 1.29 is 4.79 Å². The van der Waals surface area contributed by atoms with Gasteiger partial charge in [-0.2, -0.15) is 0 Å². The highest BCUT2D eigenvalue weighted by Crippen LogP contribution is 2.31. The minimum atomic E-state index is 0.376. The predicted molar refractivity (Wildman–Crippen MR) is 49.3 cm³/mol. The number of rotatable bonds is 1. The number of nitrogens with zero attached hydrogens (tertiary/aromatic N) is 2. The van der Waals surface area contributed by atoms with Gasteiger partial charge in [-0.3, -0.25) is 9.69 Å². The molecule has 1 atom stereocenters. The Kier molecular flexibility index (Phi) is 1.62. The van der Waals surface area contributed by atoms with Crippen molar-refractivity contribution in [1.29, 1.82) is 0 Å². The minimum absolute atomic E-state index is 0.376. The summed E-state index contributed by atoms with van der Waals surface area (Å²) in [6.45, 7) is 2.86. The van der Waals surface area contributed by atoms with Crippen LogP contribution < -0.4 is 0 Å². The Morgan fingerprint density at radius 2 is 2.00 bits per heavy atom. The fourth-order valence-corrected chi connectivity index (χ4v) is 2.67. The quantitative estimate of drug-likeness (QED) is 0.585. The maximum absolute atomic E-state index is 11.7. The molecule has 0 radical (unpaired) electrons. The molecule has 1 aliphatic carbocycles. The Balaban J connectivity index is 1.74. The van der Waals surface area contributed by atoms with Crippen LogP contribution in [0.5, 0.6) is 0 Å². The lowest BCUT2D eigenvalue weighted by Crippen LogP contribution is -2.54. The van der Waals surface area contributed by atoms with Gasteiger partial charge in [0.25, 0.3) is 0 Å². The molecule has 2 saturated heterocycles. The van der Waals surface area contributed by atoms with Crippen LogP contribution in [0.15, 0.2) is 0 Å². The van der Waals surface area contributed by atoms with E-state index < -0.39 is 0 Å². The highest BCUT2D eigenvalue weighted by atomic mass is 16.2. The van der Waals surface area contributed by atoms with Crippen LogP contribution in [0.4, 0.5) is 0 Å². The van der Waals surface area contributed by atoms with Crippen molar-refractivity contribution in [3.8, 4) is 0 Å². The molecule has 1 amide bonds. The molecule has 1 unspecified atom stereocenters. The third-order valence-electron chi connectivity index (χ3n) is 3.54. The summed E-state index contributed by atoms with van der Waals surface area (Å²) in [5.74, 6) is 0.376. The fraction of sp³-hybridized carbons (Fsp3) is 0.900. The van der Waals surface area contributed by atoms with Gasteiger partial charge in [0.05, 0.1) is 6.54 Å². The number of amides is 1. The molecule has 2 aliphatic heterocycles. The number of carbonyl (C=O) groups is 1. The van der Waals surface area contributed by atoms with Gasteiger partial charge in [0.15, 0.2) is 0 Å². The Hall–Kier alpha value is -0.570. The third-order valence-corrected chi connectivity index (χ3v) is 3.54. The predicted octanol–water partition coefficient (Wildman–Crippen LogP) is 0.455. The molecule has 0 aromatic carbocycles. The first kappa shape index (κ1) is 7.80. The van der Waals surface area contributed by atoms with E-state index in [1.54, 1.807) is 0 Å². The van der Waals surface area contributed by atoms with E-state index >= 15 is 0 Å². The van der Waals surface area contributed by atoms with Gasteiger partial charge in [0.2, 0.25) is 5.91 Å². The molecule has 13 heavy (non-hydrogen) atoms. The van der Waals surface area contributed by atoms with E-state index in [1.165, 1.54) is 25.7 Å². The highest BCUT2D eigenvalue weighted by Gasteiger charge is 2.40. The number of hydrogen-bond donors (Lipinski definition) is 0. The number of carbonyl (C=O) groups excluding carboxylic acids is 1. The molecule has 3 rings (SSSR count). The monoisotopic (exact) mass is 180 g/mol. The average molecular weight is 180 g/mol. The van der Waals surface area contributed by atoms with E-state index in [0.717, 1.165) is 19.1 Å². The molecule has 72 valence electrons. The Bertz CT molecular complexity index is 237. The minimum Gasteiger partial charge on any atom is -0.337 e. The van der Waals surface area contributed by atoms with Crippen LogP contribution in [0.2, 0.25) is 0 Å². The summed E-state index contributed by atoms with van der Waals surface area (Å²) in [4.78, 5) is 16.2. The summed E-state index contributed by atoms with van der Waals surface area (Å²) in [5.41, 5.74) is 0. The van der Waals surface area contributed by atoms with E-state index in [4.69, 9.17) is 0 Å². The molecule has 0 aromatic rings. The van der Waals surface area contributed by atoms with Crippen LogP contribution in [0.3, 0.4) is 0 Å². The summed E-state index contributed by atoms with van der Waals surface area (Å²) < 4.78 is 0. The van der Waals surface area contributed by atoms with Crippen LogP contribution in [-0.2, 0) is 4.79 Å². The van der Waals surface area contributed by atoms with Gasteiger partial charge in [0.1, 0.15) is 0 Å². The standard InChI is InChI=1S/C10H16N2O/c13-10-7-11(8-3-4-8)6-9-2-1-5-12(9)10/h8-9H,1-7H2. The van der Waals surface area contributed by atoms with Crippen LogP contribution in [0.25, 0.3) is 0 Å². The van der Waals surface area contributed by atoms with Crippen molar-refractivity contribution >= 4 is 5.91 Å². The molecule has 0 spiro atoms. The van der Waals surface area contributed by atoms with Gasteiger partial charge in [-0.05, 0) is 25.7 Å². The number of hydrogen-bond acceptors (Lipinski definition) is 2. The zero-order valence-electron chi connectivity index (χ0n) is 7.91. The van der Waals surface area contributed by atoms with E-state index in [2.05, 4.69) is 9.80 Å². The summed E-state index contributed by atoms with van der Waals surface area (Å²) >= 11 is 0. The van der Waals surface area contributed by atoms with Crippen LogP contribution in [0.1, 0.15) is 25.7 Å². The van der Waals surface area contributed by atoms with E-state index in [1.807, 2.05) is 0 Å². The van der Waals surface area contributed by atoms with Gasteiger partial charge in [-0.1, -0.05) is 0 Å². The molecular formula is C10H16N2O. The first-order chi connectivity index (χ1) is 6.34. The summed E-state index contributed by atoms with van der Waals surface area (Å²) in [5, 5.41) is 0. The van der Waals surface area contributed by atoms with Crippen molar-refractivity contribution in [3.05, 3.63) is 0 Å². The zero-order valence-corrected chi connectivity index (χ0v) is 7.91. The Morgan fingerprint density at radius 1 is 1.15 bits per heavy atom. The van der Waals surface area contributed by atoms with Gasteiger partial charge >= 0.3 is 0 Å². The first-order valence-corrected chi connectivity index (χ1v) is 5.38. The molecule has 3 aliphatic rings. The Morgan fingerprint density at radius 3 is 2.77 bits per heavy atom. The molecule has 3 fully saturated rings. The van der Waals surface area contributed by atoms with Gasteiger partial charge in [0, 0.05) is 25.2 Å². The lowest BCUT2D eigenvalue weighted by molar-refractivity contribution is -0.137. The number of fused-ring (bicyclic) bond motifs is 1. The van der Waals surface area contributed by atoms with Crippen molar-refractivity contribution in [3.63, 3.8) is 0 Å². The molecule has 3 nitrogen and oxygen atoms in total. The van der Waals surface area contributed by atoms with Gasteiger partial charge < -0.3 is 4.90 Å². The fourth-order valence-electron chi connectivity index (χ4n) is 2.67. The lowest BCUT2D eigenvalue weighted by atomic mass is 10.1. The highest BCUT2D eigenvalue weighted by molar-refractivity contribution is 5.79. The van der Waals surface area contributed by atoms with Crippen LogP contribution >= 0.6 is 0 Å². The van der Waals surface area contributed by atoms with Gasteiger partial charge in [-0.15, -0.1) is 0 Å². The zero-order chi connectivity index (χ0) is 8.84. The van der Waals surface area contributed by atoms with E-state index in [-0.39, 0.29) is 0 Å². The first-order valence-electron chi connectivity index (χ1n) is 5.38. The van der Waals surface area contributed by atoms with E-state index in [9.17, 15) is 4.79 Å².